The Labute approximate surface area is 64.4 Å². The number of hydrogen-bond acceptors (Lipinski definition) is 4. The molecule has 0 atom stereocenters. The number of hydrogen-bond donors (Lipinski definition) is 0. The van der Waals surface area contributed by atoms with E-state index in [1.165, 1.54) is 0 Å². The molecular formula is C7H10O4. The molecule has 1 saturated heterocycles. The van der Waals surface area contributed by atoms with Gasteiger partial charge in [0.25, 0.3) is 0 Å². The summed E-state index contributed by atoms with van der Waals surface area (Å²) in [4.78, 5) is 30.3. The molecule has 0 aromatic heterocycles. The fourth-order valence-electron chi connectivity index (χ4n) is 0.710. The minimum absolute atomic E-state index is 0.0136. The zero-order valence-corrected chi connectivity index (χ0v) is 6.33. The van der Waals surface area contributed by atoms with Crippen LogP contribution in [-0.2, 0) is 19.4 Å². The molecule has 1 aliphatic heterocycles. The predicted octanol–water partition coefficient (Wildman–Crippen LogP) is 0.603. The zero-order valence-electron chi connectivity index (χ0n) is 6.33. The molecule has 1 aliphatic rings. The minimum atomic E-state index is -0.382. The fraction of sp³-hybridized carbons (Fsp3) is 0.714. The lowest BCUT2D eigenvalue weighted by molar-refractivity contribution is -0.127. The van der Waals surface area contributed by atoms with Crippen molar-refractivity contribution in [3.63, 3.8) is 0 Å². The van der Waals surface area contributed by atoms with Crippen LogP contribution >= 0.6 is 0 Å². The topological polar surface area (TPSA) is 59.2 Å². The first-order valence-electron chi connectivity index (χ1n) is 3.58. The second-order valence-electron chi connectivity index (χ2n) is 2.43. The molecule has 62 valence electrons. The van der Waals surface area contributed by atoms with Crippen molar-refractivity contribution >= 4 is 11.6 Å². The third-order valence-corrected chi connectivity index (χ3v) is 1.42. The molecule has 0 aromatic carbocycles. The first-order valence-corrected chi connectivity index (χ1v) is 3.58. The van der Waals surface area contributed by atoms with E-state index in [2.05, 4.69) is 9.78 Å². The van der Waals surface area contributed by atoms with Gasteiger partial charge in [-0.25, -0.2) is 0 Å². The molecule has 0 aliphatic carbocycles. The Morgan fingerprint density at radius 1 is 1.27 bits per heavy atom. The van der Waals surface area contributed by atoms with Crippen molar-refractivity contribution in [1.29, 1.82) is 0 Å². The molecule has 0 unspecified atom stereocenters. The number of carbonyl (C=O) groups excluding carboxylic acids is 2. The van der Waals surface area contributed by atoms with Gasteiger partial charge in [-0.2, -0.15) is 9.78 Å². The van der Waals surface area contributed by atoms with Gasteiger partial charge in [0.05, 0.1) is 12.8 Å². The van der Waals surface area contributed by atoms with Gasteiger partial charge in [0.1, 0.15) is 11.6 Å². The second-order valence-corrected chi connectivity index (χ2v) is 2.43. The molecule has 1 rings (SSSR count). The van der Waals surface area contributed by atoms with Crippen LogP contribution < -0.4 is 0 Å². The highest BCUT2D eigenvalue weighted by atomic mass is 17.4. The van der Waals surface area contributed by atoms with Crippen LogP contribution in [0.3, 0.4) is 0 Å². The van der Waals surface area contributed by atoms with E-state index in [1.54, 1.807) is 6.92 Å². The van der Waals surface area contributed by atoms with Gasteiger partial charge in [0.15, 0.2) is 0 Å². The molecule has 1 fully saturated rings. The van der Waals surface area contributed by atoms with Crippen molar-refractivity contribution in [2.75, 3.05) is 0 Å². The number of rotatable bonds is 5. The van der Waals surface area contributed by atoms with Gasteiger partial charge >= 0.3 is 0 Å². The summed E-state index contributed by atoms with van der Waals surface area (Å²) >= 11 is 0. The maximum atomic E-state index is 10.9. The van der Waals surface area contributed by atoms with Crippen LogP contribution in [0, 0.1) is 0 Å². The van der Waals surface area contributed by atoms with Crippen molar-refractivity contribution in [3.05, 3.63) is 0 Å². The molecule has 1 heterocycles. The van der Waals surface area contributed by atoms with Crippen molar-refractivity contribution in [2.45, 2.75) is 32.5 Å². The van der Waals surface area contributed by atoms with Gasteiger partial charge < -0.3 is 0 Å². The second kappa shape index (κ2) is 3.59. The minimum Gasteiger partial charge on any atom is -0.299 e. The summed E-state index contributed by atoms with van der Waals surface area (Å²) in [6.07, 6.45) is 0.246. The molecule has 0 radical (unpaired) electrons. The summed E-state index contributed by atoms with van der Waals surface area (Å²) in [6.45, 7) is 1.74. The smallest absolute Gasteiger partial charge is 0.231 e. The Morgan fingerprint density at radius 3 is 2.36 bits per heavy atom. The molecule has 4 nitrogen and oxygen atoms in total. The summed E-state index contributed by atoms with van der Waals surface area (Å²) in [6, 6.07) is 0. The van der Waals surface area contributed by atoms with E-state index in [0.717, 1.165) is 0 Å². The normalized spacial score (nSPS) is 16.5. The molecule has 4 heteroatoms. The van der Waals surface area contributed by atoms with Crippen LogP contribution in [0.5, 0.6) is 0 Å². The maximum absolute atomic E-state index is 10.9. The summed E-state index contributed by atoms with van der Waals surface area (Å²) in [5.41, 5.74) is 0. The Balaban J connectivity index is 2.13. The Bertz CT molecular complexity index is 171. The van der Waals surface area contributed by atoms with Crippen LogP contribution in [0.2, 0.25) is 0 Å². The summed E-state index contributed by atoms with van der Waals surface area (Å²) in [5, 5.41) is 0. The third kappa shape index (κ3) is 3.25. The monoisotopic (exact) mass is 158 g/mol. The van der Waals surface area contributed by atoms with Gasteiger partial charge in [0.2, 0.25) is 6.29 Å². The standard InChI is InChI=1S/C7H10O4/c1-2-5(8)3-6(9)4-7-10-11-7/h7H,2-4H2,1H3. The summed E-state index contributed by atoms with van der Waals surface area (Å²) in [5.74, 6) is -0.144. The van der Waals surface area contributed by atoms with Crippen molar-refractivity contribution in [2.24, 2.45) is 0 Å². The SMILES string of the molecule is CCC(=O)CC(=O)CC1OO1. The average molecular weight is 158 g/mol. The Kier molecular flexibility index (Phi) is 2.73. The number of carbonyl (C=O) groups is 2. The summed E-state index contributed by atoms with van der Waals surface area (Å²) in [7, 11) is 0. The number of Topliss-reactive ketones (excluding diaryl/α,β-unsaturated/α-hetero) is 2. The molecule has 11 heavy (non-hydrogen) atoms. The highest BCUT2D eigenvalue weighted by Crippen LogP contribution is 2.17. The van der Waals surface area contributed by atoms with Gasteiger partial charge in [-0.1, -0.05) is 6.92 Å². The predicted molar refractivity (Wildman–Crippen MR) is 35.5 cm³/mol. The molecular weight excluding hydrogens is 148 g/mol. The zero-order chi connectivity index (χ0) is 8.27. The summed E-state index contributed by atoms with van der Waals surface area (Å²) < 4.78 is 0. The molecule has 0 saturated carbocycles. The van der Waals surface area contributed by atoms with E-state index >= 15 is 0 Å². The Morgan fingerprint density at radius 2 is 1.91 bits per heavy atom. The lowest BCUT2D eigenvalue weighted by atomic mass is 10.1. The van der Waals surface area contributed by atoms with Gasteiger partial charge in [-0.05, 0) is 0 Å². The first kappa shape index (κ1) is 8.36. The van der Waals surface area contributed by atoms with Crippen LogP contribution in [0.4, 0.5) is 0 Å². The van der Waals surface area contributed by atoms with E-state index in [-0.39, 0.29) is 30.7 Å². The molecule has 0 aromatic rings. The molecule has 0 amide bonds. The van der Waals surface area contributed by atoms with Crippen LogP contribution in [-0.4, -0.2) is 17.9 Å². The quantitative estimate of drug-likeness (QED) is 0.334. The Hall–Kier alpha value is -0.740. The van der Waals surface area contributed by atoms with Crippen LogP contribution in [0.15, 0.2) is 0 Å². The van der Waals surface area contributed by atoms with E-state index < -0.39 is 0 Å². The maximum Gasteiger partial charge on any atom is 0.231 e. The van der Waals surface area contributed by atoms with E-state index in [9.17, 15) is 9.59 Å². The van der Waals surface area contributed by atoms with Crippen LogP contribution in [0.1, 0.15) is 26.2 Å². The first-order chi connectivity index (χ1) is 5.22. The molecule has 0 bridgehead atoms. The van der Waals surface area contributed by atoms with Crippen molar-refractivity contribution in [1.82, 2.24) is 0 Å². The third-order valence-electron chi connectivity index (χ3n) is 1.42. The number of ketones is 2. The van der Waals surface area contributed by atoms with E-state index in [0.29, 0.717) is 6.42 Å². The van der Waals surface area contributed by atoms with Crippen molar-refractivity contribution in [3.8, 4) is 0 Å². The van der Waals surface area contributed by atoms with Gasteiger partial charge in [0, 0.05) is 6.42 Å². The van der Waals surface area contributed by atoms with E-state index in [1.807, 2.05) is 0 Å². The fourth-order valence-corrected chi connectivity index (χ4v) is 0.710. The molecule has 0 N–H and O–H groups in total. The van der Waals surface area contributed by atoms with Crippen molar-refractivity contribution < 1.29 is 19.4 Å². The van der Waals surface area contributed by atoms with Gasteiger partial charge in [-0.3, -0.25) is 9.59 Å². The lowest BCUT2D eigenvalue weighted by Crippen LogP contribution is -2.08. The van der Waals surface area contributed by atoms with E-state index in [4.69, 9.17) is 0 Å². The van der Waals surface area contributed by atoms with Gasteiger partial charge in [-0.15, -0.1) is 0 Å². The molecule has 0 spiro atoms. The van der Waals surface area contributed by atoms with Crippen LogP contribution in [0.25, 0.3) is 0 Å². The highest BCUT2D eigenvalue weighted by Gasteiger charge is 2.28. The largest absolute Gasteiger partial charge is 0.299 e. The average Bonchev–Trinajstić information content (AvgIpc) is 2.71. The lowest BCUT2D eigenvalue weighted by Gasteiger charge is -1.92. The highest BCUT2D eigenvalue weighted by molar-refractivity contribution is 5.99.